The molecule has 0 fully saturated rings. The summed E-state index contributed by atoms with van der Waals surface area (Å²) >= 11 is 0. The first-order chi connectivity index (χ1) is 12.9. The number of fused-ring (bicyclic) bond motifs is 1. The van der Waals surface area contributed by atoms with Crippen LogP contribution < -0.4 is 10.6 Å². The fourth-order valence-electron chi connectivity index (χ4n) is 2.96. The largest absolute Gasteiger partial charge is 0.454 e. The quantitative estimate of drug-likeness (QED) is 0.586. The highest BCUT2D eigenvalue weighted by Crippen LogP contribution is 2.19. The fraction of sp³-hybridized carbons (Fsp3) is 0.450. The summed E-state index contributed by atoms with van der Waals surface area (Å²) in [6.45, 7) is 4.94. The molecule has 0 spiro atoms. The first-order valence-corrected chi connectivity index (χ1v) is 9.22. The van der Waals surface area contributed by atoms with Gasteiger partial charge in [0.05, 0.1) is 0 Å². The van der Waals surface area contributed by atoms with Crippen molar-refractivity contribution in [1.82, 2.24) is 15.6 Å². The molecule has 0 saturated heterocycles. The number of benzene rings is 1. The first kappa shape index (κ1) is 20.5. The second kappa shape index (κ2) is 9.75. The van der Waals surface area contributed by atoms with E-state index in [9.17, 15) is 14.4 Å². The smallest absolute Gasteiger partial charge is 0.329 e. The molecule has 1 heterocycles. The maximum absolute atomic E-state index is 12.4. The van der Waals surface area contributed by atoms with Crippen LogP contribution >= 0.6 is 0 Å². The molecule has 27 heavy (non-hydrogen) atoms. The van der Waals surface area contributed by atoms with Crippen LogP contribution in [0.2, 0.25) is 0 Å². The second-order valence-electron chi connectivity index (χ2n) is 6.51. The zero-order valence-electron chi connectivity index (χ0n) is 16.0. The number of aromatic amines is 1. The number of carbonyl (C=O) groups is 3. The fourth-order valence-corrected chi connectivity index (χ4v) is 2.96. The number of aromatic nitrogens is 1. The van der Waals surface area contributed by atoms with Crippen LogP contribution in [-0.4, -0.2) is 41.5 Å². The van der Waals surface area contributed by atoms with E-state index in [1.54, 1.807) is 0 Å². The van der Waals surface area contributed by atoms with Gasteiger partial charge in [0.2, 0.25) is 5.91 Å². The molecular formula is C20H27N3O4. The zero-order chi connectivity index (χ0) is 19.8. The standard InChI is InChI=1S/C20H27N3O4/c1-4-15(5-2)23-19(25)12-27-20(26)18(22-13(3)24)10-14-11-21-17-9-7-6-8-16(14)17/h6-9,11,15,18,21H,4-5,10,12H2,1-3H3,(H,22,24)(H,23,25)/t18-/m0/s1. The molecule has 1 aromatic carbocycles. The number of nitrogens with one attached hydrogen (secondary N) is 3. The Morgan fingerprint density at radius 3 is 2.48 bits per heavy atom. The molecule has 2 amide bonds. The normalized spacial score (nSPS) is 12.0. The first-order valence-electron chi connectivity index (χ1n) is 9.22. The van der Waals surface area contributed by atoms with E-state index in [-0.39, 0.29) is 30.9 Å². The van der Waals surface area contributed by atoms with Crippen molar-refractivity contribution in [2.45, 2.75) is 52.1 Å². The maximum atomic E-state index is 12.4. The molecule has 146 valence electrons. The number of esters is 1. The summed E-state index contributed by atoms with van der Waals surface area (Å²) in [5, 5.41) is 6.40. The van der Waals surface area contributed by atoms with E-state index in [1.165, 1.54) is 6.92 Å². The van der Waals surface area contributed by atoms with Gasteiger partial charge in [-0.05, 0) is 24.5 Å². The molecule has 1 atom stereocenters. The van der Waals surface area contributed by atoms with Gasteiger partial charge in [-0.1, -0.05) is 32.0 Å². The van der Waals surface area contributed by atoms with Crippen molar-refractivity contribution >= 4 is 28.7 Å². The summed E-state index contributed by atoms with van der Waals surface area (Å²) in [7, 11) is 0. The third kappa shape index (κ3) is 5.84. The van der Waals surface area contributed by atoms with Gasteiger partial charge in [0.1, 0.15) is 6.04 Å². The summed E-state index contributed by atoms with van der Waals surface area (Å²) in [4.78, 5) is 39.0. The Morgan fingerprint density at radius 1 is 1.11 bits per heavy atom. The van der Waals surface area contributed by atoms with Crippen LogP contribution in [0.25, 0.3) is 10.9 Å². The van der Waals surface area contributed by atoms with Crippen LogP contribution in [0.4, 0.5) is 0 Å². The van der Waals surface area contributed by atoms with Crippen LogP contribution in [0.15, 0.2) is 30.5 Å². The third-order valence-electron chi connectivity index (χ3n) is 4.46. The Morgan fingerprint density at radius 2 is 1.81 bits per heavy atom. The van der Waals surface area contributed by atoms with E-state index in [2.05, 4.69) is 15.6 Å². The van der Waals surface area contributed by atoms with Crippen molar-refractivity contribution in [3.8, 4) is 0 Å². The van der Waals surface area contributed by atoms with E-state index >= 15 is 0 Å². The van der Waals surface area contributed by atoms with Gasteiger partial charge in [-0.3, -0.25) is 9.59 Å². The molecule has 3 N–H and O–H groups in total. The summed E-state index contributed by atoms with van der Waals surface area (Å²) in [6, 6.07) is 6.91. The molecule has 7 heteroatoms. The van der Waals surface area contributed by atoms with Crippen LogP contribution in [0, 0.1) is 0 Å². The molecule has 2 aromatic rings. The molecule has 2 rings (SSSR count). The number of hydrogen-bond donors (Lipinski definition) is 3. The van der Waals surface area contributed by atoms with Crippen molar-refractivity contribution in [2.75, 3.05) is 6.61 Å². The minimum absolute atomic E-state index is 0.0635. The maximum Gasteiger partial charge on any atom is 0.329 e. The average molecular weight is 373 g/mol. The molecular weight excluding hydrogens is 346 g/mol. The predicted molar refractivity (Wildman–Crippen MR) is 103 cm³/mol. The van der Waals surface area contributed by atoms with E-state index in [0.29, 0.717) is 0 Å². The minimum atomic E-state index is -0.859. The van der Waals surface area contributed by atoms with Crippen LogP contribution in [0.5, 0.6) is 0 Å². The van der Waals surface area contributed by atoms with Gasteiger partial charge in [-0.2, -0.15) is 0 Å². The number of hydrogen-bond acceptors (Lipinski definition) is 4. The molecule has 0 radical (unpaired) electrons. The van der Waals surface area contributed by atoms with Crippen molar-refractivity contribution in [2.24, 2.45) is 0 Å². The van der Waals surface area contributed by atoms with E-state index in [4.69, 9.17) is 4.74 Å². The van der Waals surface area contributed by atoms with Crippen LogP contribution in [-0.2, 0) is 25.5 Å². The number of amides is 2. The van der Waals surface area contributed by atoms with Gasteiger partial charge < -0.3 is 20.4 Å². The second-order valence-corrected chi connectivity index (χ2v) is 6.51. The average Bonchev–Trinajstić information content (AvgIpc) is 3.06. The molecule has 0 aliphatic carbocycles. The van der Waals surface area contributed by atoms with Gasteiger partial charge >= 0.3 is 5.97 Å². The molecule has 0 aliphatic heterocycles. The van der Waals surface area contributed by atoms with Crippen molar-refractivity contribution < 1.29 is 19.1 Å². The Kier molecular flexibility index (Phi) is 7.40. The Hall–Kier alpha value is -2.83. The summed E-state index contributed by atoms with van der Waals surface area (Å²) < 4.78 is 5.14. The van der Waals surface area contributed by atoms with Gasteiger partial charge in [-0.15, -0.1) is 0 Å². The Labute approximate surface area is 158 Å². The molecule has 1 aromatic heterocycles. The van der Waals surface area contributed by atoms with Gasteiger partial charge in [0.25, 0.3) is 5.91 Å². The predicted octanol–water partition coefficient (Wildman–Crippen LogP) is 2.06. The highest BCUT2D eigenvalue weighted by Gasteiger charge is 2.24. The molecule has 0 unspecified atom stereocenters. The summed E-state index contributed by atoms with van der Waals surface area (Å²) in [5.41, 5.74) is 1.84. The van der Waals surface area contributed by atoms with Crippen molar-refractivity contribution in [3.05, 3.63) is 36.0 Å². The summed E-state index contributed by atoms with van der Waals surface area (Å²) in [5.74, 6) is -1.31. The number of para-hydroxylation sites is 1. The lowest BCUT2D eigenvalue weighted by atomic mass is 10.0. The topological polar surface area (TPSA) is 100 Å². The SMILES string of the molecule is CCC(CC)NC(=O)COC(=O)[C@H](Cc1c[nH]c2ccccc12)NC(C)=O. The van der Waals surface area contributed by atoms with Crippen LogP contribution in [0.3, 0.4) is 0 Å². The summed E-state index contributed by atoms with van der Waals surface area (Å²) in [6.07, 6.45) is 3.71. The van der Waals surface area contributed by atoms with Gasteiger partial charge in [0.15, 0.2) is 6.61 Å². The minimum Gasteiger partial charge on any atom is -0.454 e. The highest BCUT2D eigenvalue weighted by atomic mass is 16.5. The number of carbonyl (C=O) groups excluding carboxylic acids is 3. The van der Waals surface area contributed by atoms with E-state index in [0.717, 1.165) is 29.3 Å². The van der Waals surface area contributed by atoms with Crippen molar-refractivity contribution in [1.29, 1.82) is 0 Å². The monoisotopic (exact) mass is 373 g/mol. The molecule has 0 saturated carbocycles. The van der Waals surface area contributed by atoms with Gasteiger partial charge in [0, 0.05) is 36.5 Å². The van der Waals surface area contributed by atoms with Gasteiger partial charge in [-0.25, -0.2) is 4.79 Å². The van der Waals surface area contributed by atoms with E-state index in [1.807, 2.05) is 44.3 Å². The van der Waals surface area contributed by atoms with Crippen LogP contribution in [0.1, 0.15) is 39.2 Å². The Bertz CT molecular complexity index is 795. The zero-order valence-corrected chi connectivity index (χ0v) is 16.0. The highest BCUT2D eigenvalue weighted by molar-refractivity contribution is 5.88. The Balaban J connectivity index is 2.01. The number of ether oxygens (including phenoxy) is 1. The number of rotatable bonds is 9. The van der Waals surface area contributed by atoms with E-state index < -0.39 is 12.0 Å². The lowest BCUT2D eigenvalue weighted by Gasteiger charge is -2.18. The lowest BCUT2D eigenvalue weighted by Crippen LogP contribution is -2.44. The third-order valence-corrected chi connectivity index (χ3v) is 4.46. The number of H-pyrrole nitrogens is 1. The molecule has 0 bridgehead atoms. The lowest BCUT2D eigenvalue weighted by molar-refractivity contribution is -0.151. The molecule has 0 aliphatic rings. The molecule has 7 nitrogen and oxygen atoms in total. The van der Waals surface area contributed by atoms with Crippen molar-refractivity contribution in [3.63, 3.8) is 0 Å².